The van der Waals surface area contributed by atoms with Crippen LogP contribution in [0.4, 0.5) is 20.4 Å². The Morgan fingerprint density at radius 2 is 1.97 bits per heavy atom. The minimum atomic E-state index is -0.921. The lowest BCUT2D eigenvalue weighted by atomic mass is 10.1. The van der Waals surface area contributed by atoms with Crippen LogP contribution in [0.5, 0.6) is 0 Å². The Morgan fingerprint density at radius 3 is 2.77 bits per heavy atom. The Bertz CT molecular complexity index is 1400. The summed E-state index contributed by atoms with van der Waals surface area (Å²) in [5.74, 6) is -1.50. The first-order chi connectivity index (χ1) is 14.9. The van der Waals surface area contributed by atoms with Crippen LogP contribution in [0.25, 0.3) is 10.2 Å². The predicted molar refractivity (Wildman–Crippen MR) is 115 cm³/mol. The van der Waals surface area contributed by atoms with Crippen molar-refractivity contribution in [3.63, 3.8) is 0 Å². The summed E-state index contributed by atoms with van der Waals surface area (Å²) in [6.07, 6.45) is 0. The molecule has 4 aromatic rings. The van der Waals surface area contributed by atoms with Crippen molar-refractivity contribution in [2.45, 2.75) is 33.6 Å². The average molecular weight is 440 g/mol. The number of hydrogen-bond acceptors (Lipinski definition) is 6. The molecule has 0 aliphatic carbocycles. The summed E-state index contributed by atoms with van der Waals surface area (Å²) in [5, 5.41) is 4.23. The zero-order valence-corrected chi connectivity index (χ0v) is 17.6. The molecule has 0 unspecified atom stereocenters. The summed E-state index contributed by atoms with van der Waals surface area (Å²) in [5.41, 5.74) is 4.01. The quantitative estimate of drug-likeness (QED) is 0.504. The van der Waals surface area contributed by atoms with Crippen LogP contribution in [0.1, 0.15) is 27.4 Å². The number of aromatic nitrogens is 3. The van der Waals surface area contributed by atoms with E-state index in [0.29, 0.717) is 22.8 Å². The highest BCUT2D eigenvalue weighted by Crippen LogP contribution is 2.30. The number of fused-ring (bicyclic) bond motifs is 2. The molecular weight excluding hydrogens is 422 g/mol. The highest BCUT2D eigenvalue weighted by Gasteiger charge is 2.23. The number of ether oxygens (including phenoxy) is 1. The molecule has 1 aliphatic heterocycles. The van der Waals surface area contributed by atoms with Crippen molar-refractivity contribution in [3.05, 3.63) is 79.7 Å². The second kappa shape index (κ2) is 7.51. The maximum absolute atomic E-state index is 13.8. The third-order valence-corrected chi connectivity index (χ3v) is 6.23. The van der Waals surface area contributed by atoms with Crippen LogP contribution in [-0.2, 0) is 24.5 Å². The minimum absolute atomic E-state index is 0.185. The van der Waals surface area contributed by atoms with Gasteiger partial charge in [0.1, 0.15) is 0 Å². The van der Waals surface area contributed by atoms with Gasteiger partial charge in [0.2, 0.25) is 5.95 Å². The second-order valence-corrected chi connectivity index (χ2v) is 8.72. The molecule has 0 amide bonds. The van der Waals surface area contributed by atoms with Crippen LogP contribution in [0.2, 0.25) is 0 Å². The molecule has 31 heavy (non-hydrogen) atoms. The van der Waals surface area contributed by atoms with Crippen LogP contribution < -0.4 is 10.9 Å². The topological polar surface area (TPSA) is 69.0 Å². The second-order valence-electron chi connectivity index (χ2n) is 7.49. The van der Waals surface area contributed by atoms with Crippen molar-refractivity contribution in [1.82, 2.24) is 14.5 Å². The summed E-state index contributed by atoms with van der Waals surface area (Å²) < 4.78 is 35.4. The van der Waals surface area contributed by atoms with Gasteiger partial charge in [-0.1, -0.05) is 6.07 Å². The molecule has 0 fully saturated rings. The van der Waals surface area contributed by atoms with E-state index in [2.05, 4.69) is 15.3 Å². The fraction of sp³-hybridized carbons (Fsp3) is 0.227. The number of nitrogens with zero attached hydrogens (tertiary/aromatic N) is 3. The summed E-state index contributed by atoms with van der Waals surface area (Å²) in [4.78, 5) is 21.3. The van der Waals surface area contributed by atoms with E-state index in [4.69, 9.17) is 4.74 Å². The van der Waals surface area contributed by atoms with E-state index >= 15 is 0 Å². The number of aryl methyl sites for hydroxylation is 2. The van der Waals surface area contributed by atoms with Gasteiger partial charge in [-0.2, -0.15) is 4.98 Å². The first kappa shape index (κ1) is 19.8. The molecular formula is C22H18F2N4O2S. The molecule has 0 saturated heterocycles. The number of nitrogens with one attached hydrogen (secondary N) is 1. The number of hydrogen-bond donors (Lipinski definition) is 1. The maximum atomic E-state index is 13.8. The molecule has 2 aromatic carbocycles. The summed E-state index contributed by atoms with van der Waals surface area (Å²) in [6.45, 7) is 4.54. The molecule has 158 valence electrons. The standard InChI is InChI=1S/C22H18F2N4O2S/c1-11-5-18-20(31-12(2)25-18)7-17(11)26-22-27-21(29)14-9-30-10-19(14)28(22)8-13-3-4-15(23)16(24)6-13/h3-7H,8-10H2,1-2H3,(H,26,27,29). The molecule has 0 radical (unpaired) electrons. The molecule has 6 nitrogen and oxygen atoms in total. The van der Waals surface area contributed by atoms with Gasteiger partial charge in [-0.3, -0.25) is 4.79 Å². The van der Waals surface area contributed by atoms with Crippen LogP contribution >= 0.6 is 11.3 Å². The summed E-state index contributed by atoms with van der Waals surface area (Å²) in [6, 6.07) is 7.72. The Morgan fingerprint density at radius 1 is 1.13 bits per heavy atom. The average Bonchev–Trinajstić information content (AvgIpc) is 3.34. The van der Waals surface area contributed by atoms with Crippen LogP contribution in [0.15, 0.2) is 35.1 Å². The molecule has 5 rings (SSSR count). The van der Waals surface area contributed by atoms with E-state index in [1.165, 1.54) is 6.07 Å². The number of thiazole rings is 1. The highest BCUT2D eigenvalue weighted by atomic mass is 32.1. The Balaban J connectivity index is 1.61. The van der Waals surface area contributed by atoms with Crippen molar-refractivity contribution < 1.29 is 13.5 Å². The SMILES string of the molecule is Cc1nc2cc(C)c(Nc3nc(=O)c4c(n3Cc3ccc(F)c(F)c3)COC4)cc2s1. The van der Waals surface area contributed by atoms with Gasteiger partial charge in [-0.05, 0) is 49.2 Å². The van der Waals surface area contributed by atoms with Gasteiger partial charge in [-0.15, -0.1) is 11.3 Å². The van der Waals surface area contributed by atoms with Crippen LogP contribution in [0.3, 0.4) is 0 Å². The monoisotopic (exact) mass is 440 g/mol. The van der Waals surface area contributed by atoms with Crippen molar-refractivity contribution in [1.29, 1.82) is 0 Å². The zero-order valence-electron chi connectivity index (χ0n) is 16.8. The molecule has 3 heterocycles. The van der Waals surface area contributed by atoms with E-state index < -0.39 is 11.6 Å². The number of rotatable bonds is 4. The van der Waals surface area contributed by atoms with Gasteiger partial charge in [-0.25, -0.2) is 13.8 Å². The number of halogens is 2. The lowest BCUT2D eigenvalue weighted by molar-refractivity contribution is 0.131. The summed E-state index contributed by atoms with van der Waals surface area (Å²) in [7, 11) is 0. The smallest absolute Gasteiger partial charge is 0.280 e. The lowest BCUT2D eigenvalue weighted by Crippen LogP contribution is -2.23. The molecule has 0 spiro atoms. The Labute approximate surface area is 180 Å². The third kappa shape index (κ3) is 3.60. The first-order valence-electron chi connectivity index (χ1n) is 9.68. The molecule has 0 atom stereocenters. The molecule has 9 heteroatoms. The third-order valence-electron chi connectivity index (χ3n) is 5.29. The molecule has 0 saturated carbocycles. The normalized spacial score (nSPS) is 13.0. The fourth-order valence-electron chi connectivity index (χ4n) is 3.73. The zero-order chi connectivity index (χ0) is 21.7. The Hall–Kier alpha value is -3.17. The minimum Gasteiger partial charge on any atom is -0.370 e. The number of benzene rings is 2. The van der Waals surface area contributed by atoms with Crippen molar-refractivity contribution in [3.8, 4) is 0 Å². The van der Waals surface area contributed by atoms with Gasteiger partial charge in [0.25, 0.3) is 5.56 Å². The highest BCUT2D eigenvalue weighted by molar-refractivity contribution is 7.18. The van der Waals surface area contributed by atoms with Gasteiger partial charge in [0, 0.05) is 5.69 Å². The lowest BCUT2D eigenvalue weighted by Gasteiger charge is -2.19. The van der Waals surface area contributed by atoms with Gasteiger partial charge < -0.3 is 14.6 Å². The molecule has 1 aliphatic rings. The van der Waals surface area contributed by atoms with Crippen molar-refractivity contribution >= 4 is 33.2 Å². The Kier molecular flexibility index (Phi) is 4.79. The van der Waals surface area contributed by atoms with E-state index in [1.807, 2.05) is 26.0 Å². The number of anilines is 2. The van der Waals surface area contributed by atoms with Crippen LogP contribution in [-0.4, -0.2) is 14.5 Å². The first-order valence-corrected chi connectivity index (χ1v) is 10.5. The van der Waals surface area contributed by atoms with Crippen LogP contribution in [0, 0.1) is 25.5 Å². The van der Waals surface area contributed by atoms with Crippen molar-refractivity contribution in [2.75, 3.05) is 5.32 Å². The molecule has 1 N–H and O–H groups in total. The molecule has 2 aromatic heterocycles. The van der Waals surface area contributed by atoms with E-state index in [9.17, 15) is 13.6 Å². The van der Waals surface area contributed by atoms with Gasteiger partial charge >= 0.3 is 0 Å². The summed E-state index contributed by atoms with van der Waals surface area (Å²) >= 11 is 1.58. The van der Waals surface area contributed by atoms with Gasteiger partial charge in [0.05, 0.1) is 46.2 Å². The van der Waals surface area contributed by atoms with Crippen molar-refractivity contribution in [2.24, 2.45) is 0 Å². The maximum Gasteiger partial charge on any atom is 0.280 e. The van der Waals surface area contributed by atoms with Gasteiger partial charge in [0.15, 0.2) is 11.6 Å². The van der Waals surface area contributed by atoms with E-state index in [-0.39, 0.29) is 25.3 Å². The largest absolute Gasteiger partial charge is 0.370 e. The van der Waals surface area contributed by atoms with E-state index in [1.54, 1.807) is 15.9 Å². The fourth-order valence-corrected chi connectivity index (χ4v) is 4.58. The predicted octanol–water partition coefficient (Wildman–Crippen LogP) is 4.57. The van der Waals surface area contributed by atoms with E-state index in [0.717, 1.165) is 38.6 Å². The molecule has 0 bridgehead atoms.